The molecular formula is C15H22N4. The first-order valence-corrected chi connectivity index (χ1v) is 7.02. The molecule has 1 aliphatic heterocycles. The van der Waals surface area contributed by atoms with Gasteiger partial charge in [-0.3, -0.25) is 4.90 Å². The van der Waals surface area contributed by atoms with Crippen LogP contribution in [0.2, 0.25) is 0 Å². The van der Waals surface area contributed by atoms with E-state index in [9.17, 15) is 5.26 Å². The predicted octanol–water partition coefficient (Wildman–Crippen LogP) is 2.18. The van der Waals surface area contributed by atoms with Crippen molar-refractivity contribution in [3.05, 3.63) is 23.4 Å². The van der Waals surface area contributed by atoms with Crippen LogP contribution in [0.15, 0.2) is 12.3 Å². The molecule has 0 bridgehead atoms. The van der Waals surface area contributed by atoms with Gasteiger partial charge in [-0.05, 0) is 31.9 Å². The van der Waals surface area contributed by atoms with Crippen LogP contribution in [-0.4, -0.2) is 42.1 Å². The Hall–Kier alpha value is -1.60. The first-order chi connectivity index (χ1) is 9.17. The zero-order valence-corrected chi connectivity index (χ0v) is 12.1. The van der Waals surface area contributed by atoms with Crippen molar-refractivity contribution in [2.75, 3.05) is 31.1 Å². The van der Waals surface area contributed by atoms with Crippen LogP contribution >= 0.6 is 0 Å². The van der Waals surface area contributed by atoms with E-state index in [0.29, 0.717) is 6.04 Å². The van der Waals surface area contributed by atoms with Gasteiger partial charge in [0.25, 0.3) is 0 Å². The number of rotatable bonds is 3. The lowest BCUT2D eigenvalue weighted by Gasteiger charge is -2.38. The highest BCUT2D eigenvalue weighted by molar-refractivity contribution is 5.57. The average Bonchev–Trinajstić information content (AvgIpc) is 2.46. The van der Waals surface area contributed by atoms with Crippen molar-refractivity contribution in [1.29, 1.82) is 5.26 Å². The molecule has 1 aromatic heterocycles. The summed E-state index contributed by atoms with van der Waals surface area (Å²) in [4.78, 5) is 9.16. The number of nitriles is 1. The van der Waals surface area contributed by atoms with Crippen LogP contribution in [0.4, 0.5) is 5.82 Å². The van der Waals surface area contributed by atoms with Gasteiger partial charge in [-0.2, -0.15) is 5.26 Å². The normalized spacial score (nSPS) is 18.1. The molecule has 1 aliphatic rings. The van der Waals surface area contributed by atoms with Gasteiger partial charge in [-0.25, -0.2) is 4.98 Å². The fourth-order valence-electron chi connectivity index (χ4n) is 2.55. The number of anilines is 1. The minimum absolute atomic E-state index is 0.642. The number of hydrogen-bond acceptors (Lipinski definition) is 4. The van der Waals surface area contributed by atoms with Crippen molar-refractivity contribution in [3.8, 4) is 6.07 Å². The number of pyridine rings is 1. The van der Waals surface area contributed by atoms with E-state index >= 15 is 0 Å². The van der Waals surface area contributed by atoms with Crippen LogP contribution < -0.4 is 4.90 Å². The van der Waals surface area contributed by atoms with E-state index in [1.807, 2.05) is 13.0 Å². The van der Waals surface area contributed by atoms with E-state index in [1.165, 1.54) is 6.42 Å². The maximum atomic E-state index is 9.28. The van der Waals surface area contributed by atoms with Gasteiger partial charge in [0.05, 0.1) is 5.56 Å². The van der Waals surface area contributed by atoms with Crippen molar-refractivity contribution >= 4 is 5.82 Å². The molecule has 0 aliphatic carbocycles. The molecule has 0 saturated carbocycles. The van der Waals surface area contributed by atoms with E-state index in [0.717, 1.165) is 43.1 Å². The summed E-state index contributed by atoms with van der Waals surface area (Å²) in [5, 5.41) is 9.28. The zero-order valence-electron chi connectivity index (χ0n) is 12.1. The molecule has 2 heterocycles. The van der Waals surface area contributed by atoms with E-state index in [4.69, 9.17) is 0 Å². The number of aromatic nitrogens is 1. The lowest BCUT2D eigenvalue weighted by atomic mass is 10.1. The van der Waals surface area contributed by atoms with Crippen molar-refractivity contribution in [3.63, 3.8) is 0 Å². The molecule has 4 heteroatoms. The first kappa shape index (κ1) is 13.8. The van der Waals surface area contributed by atoms with Gasteiger partial charge < -0.3 is 4.90 Å². The summed E-state index contributed by atoms with van der Waals surface area (Å²) < 4.78 is 0. The summed E-state index contributed by atoms with van der Waals surface area (Å²) >= 11 is 0. The monoisotopic (exact) mass is 258 g/mol. The van der Waals surface area contributed by atoms with E-state index in [1.54, 1.807) is 6.20 Å². The minimum Gasteiger partial charge on any atom is -0.353 e. The quantitative estimate of drug-likeness (QED) is 0.833. The van der Waals surface area contributed by atoms with Gasteiger partial charge in [0.2, 0.25) is 0 Å². The highest BCUT2D eigenvalue weighted by Crippen LogP contribution is 2.21. The molecule has 4 nitrogen and oxygen atoms in total. The van der Waals surface area contributed by atoms with Gasteiger partial charge in [-0.1, -0.05) is 6.92 Å². The second-order valence-corrected chi connectivity index (χ2v) is 5.22. The van der Waals surface area contributed by atoms with Gasteiger partial charge in [0.15, 0.2) is 0 Å². The second-order valence-electron chi connectivity index (χ2n) is 5.22. The fourth-order valence-corrected chi connectivity index (χ4v) is 2.55. The number of piperazine rings is 1. The third-order valence-electron chi connectivity index (χ3n) is 4.08. The molecule has 1 aromatic rings. The largest absolute Gasteiger partial charge is 0.353 e. The van der Waals surface area contributed by atoms with Gasteiger partial charge >= 0.3 is 0 Å². The fraction of sp³-hybridized carbons (Fsp3) is 0.600. The van der Waals surface area contributed by atoms with Crippen LogP contribution in [-0.2, 0) is 0 Å². The molecule has 0 N–H and O–H groups in total. The van der Waals surface area contributed by atoms with Crippen LogP contribution in [0.3, 0.4) is 0 Å². The van der Waals surface area contributed by atoms with E-state index in [-0.39, 0.29) is 0 Å². The lowest BCUT2D eigenvalue weighted by Crippen LogP contribution is -2.49. The lowest BCUT2D eigenvalue weighted by molar-refractivity contribution is 0.192. The summed E-state index contributed by atoms with van der Waals surface area (Å²) in [5.74, 6) is 0.853. The van der Waals surface area contributed by atoms with Crippen molar-refractivity contribution in [1.82, 2.24) is 9.88 Å². The molecule has 2 rings (SSSR count). The van der Waals surface area contributed by atoms with Crippen LogP contribution in [0, 0.1) is 18.3 Å². The molecule has 1 fully saturated rings. The highest BCUT2D eigenvalue weighted by atomic mass is 15.3. The SMILES string of the molecule is CCC(C)N1CCN(c2nccc(C)c2C#N)CC1. The first-order valence-electron chi connectivity index (χ1n) is 7.02. The predicted molar refractivity (Wildman–Crippen MR) is 77.2 cm³/mol. The van der Waals surface area contributed by atoms with Crippen molar-refractivity contribution < 1.29 is 0 Å². The molecular weight excluding hydrogens is 236 g/mol. The molecule has 1 atom stereocenters. The average molecular weight is 258 g/mol. The Morgan fingerprint density at radius 2 is 2.05 bits per heavy atom. The topological polar surface area (TPSA) is 43.2 Å². The Kier molecular flexibility index (Phi) is 4.39. The zero-order chi connectivity index (χ0) is 13.8. The van der Waals surface area contributed by atoms with Crippen LogP contribution in [0.25, 0.3) is 0 Å². The Bertz CT molecular complexity index is 470. The Morgan fingerprint density at radius 3 is 2.63 bits per heavy atom. The molecule has 0 spiro atoms. The number of nitrogens with zero attached hydrogens (tertiary/aromatic N) is 4. The second kappa shape index (κ2) is 6.03. The van der Waals surface area contributed by atoms with Gasteiger partial charge in [0.1, 0.15) is 11.9 Å². The van der Waals surface area contributed by atoms with E-state index in [2.05, 4.69) is 34.7 Å². The minimum atomic E-state index is 0.642. The van der Waals surface area contributed by atoms with Gasteiger partial charge in [-0.15, -0.1) is 0 Å². The van der Waals surface area contributed by atoms with Crippen LogP contribution in [0.5, 0.6) is 0 Å². The summed E-state index contributed by atoms with van der Waals surface area (Å²) in [6, 6.07) is 4.83. The maximum absolute atomic E-state index is 9.28. The van der Waals surface area contributed by atoms with Crippen molar-refractivity contribution in [2.24, 2.45) is 0 Å². The third kappa shape index (κ3) is 2.87. The Balaban J connectivity index is 2.10. The molecule has 1 unspecified atom stereocenters. The van der Waals surface area contributed by atoms with Crippen LogP contribution in [0.1, 0.15) is 31.4 Å². The maximum Gasteiger partial charge on any atom is 0.146 e. The van der Waals surface area contributed by atoms with Gasteiger partial charge in [0, 0.05) is 38.4 Å². The van der Waals surface area contributed by atoms with E-state index < -0.39 is 0 Å². The summed E-state index contributed by atoms with van der Waals surface area (Å²) in [6.45, 7) is 10.5. The smallest absolute Gasteiger partial charge is 0.146 e. The Morgan fingerprint density at radius 1 is 1.37 bits per heavy atom. The third-order valence-corrected chi connectivity index (χ3v) is 4.08. The molecule has 19 heavy (non-hydrogen) atoms. The number of aryl methyl sites for hydroxylation is 1. The standard InChI is InChI=1S/C15H22N4/c1-4-13(3)18-7-9-19(10-8-18)15-14(11-16)12(2)5-6-17-15/h5-6,13H,4,7-10H2,1-3H3. The highest BCUT2D eigenvalue weighted by Gasteiger charge is 2.22. The molecule has 0 amide bonds. The summed E-state index contributed by atoms with van der Waals surface area (Å²) in [6.07, 6.45) is 2.98. The molecule has 102 valence electrons. The molecule has 0 radical (unpaired) electrons. The summed E-state index contributed by atoms with van der Waals surface area (Å²) in [7, 11) is 0. The molecule has 0 aromatic carbocycles. The van der Waals surface area contributed by atoms with Crippen molar-refractivity contribution in [2.45, 2.75) is 33.2 Å². The number of hydrogen-bond donors (Lipinski definition) is 0. The summed E-state index contributed by atoms with van der Waals surface area (Å²) in [5.41, 5.74) is 1.73. The Labute approximate surface area is 115 Å². The molecule has 1 saturated heterocycles.